The average Bonchev–Trinajstić information content (AvgIpc) is 2.89. The minimum Gasteiger partial charge on any atom is -0.323 e. The van der Waals surface area contributed by atoms with Crippen LogP contribution in [0.1, 0.15) is 24.8 Å². The van der Waals surface area contributed by atoms with Gasteiger partial charge < -0.3 is 10.6 Å². The Hall–Kier alpha value is -2.05. The lowest BCUT2D eigenvalue weighted by Gasteiger charge is -2.31. The number of nitrogens with zero attached hydrogens (tertiary/aromatic N) is 4. The predicted molar refractivity (Wildman–Crippen MR) is 97.6 cm³/mol. The summed E-state index contributed by atoms with van der Waals surface area (Å²) in [6.45, 7) is 6.27. The van der Waals surface area contributed by atoms with E-state index in [9.17, 15) is 0 Å². The molecule has 1 saturated heterocycles. The third-order valence-corrected chi connectivity index (χ3v) is 4.90. The molecule has 6 heteroatoms. The van der Waals surface area contributed by atoms with Crippen LogP contribution in [0.25, 0.3) is 0 Å². The van der Waals surface area contributed by atoms with Gasteiger partial charge in [0.25, 0.3) is 0 Å². The van der Waals surface area contributed by atoms with Crippen LogP contribution < -0.4 is 10.6 Å². The van der Waals surface area contributed by atoms with Gasteiger partial charge in [-0.05, 0) is 50.1 Å². The molecule has 4 rings (SSSR count). The lowest BCUT2D eigenvalue weighted by Crippen LogP contribution is -2.42. The van der Waals surface area contributed by atoms with Crippen LogP contribution >= 0.6 is 0 Å². The number of piperidine rings is 1. The summed E-state index contributed by atoms with van der Waals surface area (Å²) in [6, 6.07) is 2.74. The van der Waals surface area contributed by atoms with Crippen molar-refractivity contribution in [2.75, 3.05) is 31.5 Å². The Bertz CT molecular complexity index is 699. The third kappa shape index (κ3) is 3.39. The van der Waals surface area contributed by atoms with Crippen LogP contribution in [0.3, 0.4) is 0 Å². The van der Waals surface area contributed by atoms with E-state index >= 15 is 0 Å². The van der Waals surface area contributed by atoms with Crippen molar-refractivity contribution in [3.8, 4) is 0 Å². The molecule has 2 N–H and O–H groups in total. The first-order valence-electron chi connectivity index (χ1n) is 8.73. The summed E-state index contributed by atoms with van der Waals surface area (Å²) in [7, 11) is 0. The van der Waals surface area contributed by atoms with E-state index in [0.717, 1.165) is 43.9 Å². The van der Waals surface area contributed by atoms with E-state index in [-0.39, 0.29) is 0 Å². The van der Waals surface area contributed by atoms with E-state index in [1.54, 1.807) is 6.20 Å². The zero-order valence-corrected chi connectivity index (χ0v) is 14.1. The van der Waals surface area contributed by atoms with Gasteiger partial charge in [0.2, 0.25) is 5.96 Å². The van der Waals surface area contributed by atoms with Crippen LogP contribution in [0.15, 0.2) is 39.7 Å². The smallest absolute Gasteiger partial charge is 0.227 e. The molecule has 0 aliphatic carbocycles. The number of aliphatic imine (C=N–C) groups is 2. The molecule has 1 aromatic heterocycles. The SMILES string of the molecule is Cc1cncc(NC2=NC3=C(CC=N2)CN(C2CCNCC2)C3)c1. The first-order valence-corrected chi connectivity index (χ1v) is 8.73. The second-order valence-corrected chi connectivity index (χ2v) is 6.76. The van der Waals surface area contributed by atoms with Crippen LogP contribution in [0.2, 0.25) is 0 Å². The molecule has 0 saturated carbocycles. The van der Waals surface area contributed by atoms with Crippen molar-refractivity contribution in [2.24, 2.45) is 9.98 Å². The Morgan fingerprint density at radius 3 is 2.92 bits per heavy atom. The van der Waals surface area contributed by atoms with Crippen molar-refractivity contribution >= 4 is 17.9 Å². The fraction of sp³-hybridized carbons (Fsp3) is 0.500. The molecule has 1 fully saturated rings. The van der Waals surface area contributed by atoms with Gasteiger partial charge in [-0.1, -0.05) is 0 Å². The fourth-order valence-electron chi connectivity index (χ4n) is 3.63. The normalized spacial score (nSPS) is 22.3. The van der Waals surface area contributed by atoms with Gasteiger partial charge in [-0.3, -0.25) is 9.88 Å². The Labute approximate surface area is 142 Å². The molecule has 0 aromatic carbocycles. The molecular formula is C18H24N6. The Balaban J connectivity index is 1.48. The molecule has 24 heavy (non-hydrogen) atoms. The highest BCUT2D eigenvalue weighted by molar-refractivity contribution is 5.99. The van der Waals surface area contributed by atoms with E-state index in [1.807, 2.05) is 19.3 Å². The van der Waals surface area contributed by atoms with Crippen molar-refractivity contribution in [2.45, 2.75) is 32.2 Å². The van der Waals surface area contributed by atoms with Crippen LogP contribution in [0.5, 0.6) is 0 Å². The maximum atomic E-state index is 4.81. The number of aryl methyl sites for hydroxylation is 1. The molecule has 3 aliphatic heterocycles. The Morgan fingerprint density at radius 2 is 2.08 bits per heavy atom. The maximum absolute atomic E-state index is 4.81. The minimum absolute atomic E-state index is 0.666. The first-order chi connectivity index (χ1) is 11.8. The van der Waals surface area contributed by atoms with E-state index in [2.05, 4.69) is 31.6 Å². The number of nitrogens with one attached hydrogen (secondary N) is 2. The van der Waals surface area contributed by atoms with Crippen molar-refractivity contribution in [1.82, 2.24) is 15.2 Å². The summed E-state index contributed by atoms with van der Waals surface area (Å²) >= 11 is 0. The molecule has 6 nitrogen and oxygen atoms in total. The predicted octanol–water partition coefficient (Wildman–Crippen LogP) is 1.95. The van der Waals surface area contributed by atoms with Crippen molar-refractivity contribution in [1.29, 1.82) is 0 Å². The van der Waals surface area contributed by atoms with Gasteiger partial charge in [-0.2, -0.15) is 0 Å². The average molecular weight is 324 g/mol. The molecule has 0 radical (unpaired) electrons. The van der Waals surface area contributed by atoms with Crippen molar-refractivity contribution in [3.63, 3.8) is 0 Å². The molecular weight excluding hydrogens is 300 g/mol. The molecule has 4 heterocycles. The van der Waals surface area contributed by atoms with Crippen LogP contribution in [-0.2, 0) is 0 Å². The van der Waals surface area contributed by atoms with E-state index < -0.39 is 0 Å². The van der Waals surface area contributed by atoms with Gasteiger partial charge in [-0.15, -0.1) is 0 Å². The summed E-state index contributed by atoms with van der Waals surface area (Å²) in [5.74, 6) is 0.666. The third-order valence-electron chi connectivity index (χ3n) is 4.90. The largest absolute Gasteiger partial charge is 0.323 e. The summed E-state index contributed by atoms with van der Waals surface area (Å²) in [4.78, 5) is 16.1. The number of aromatic nitrogens is 1. The van der Waals surface area contributed by atoms with Gasteiger partial charge in [0.1, 0.15) is 0 Å². The molecule has 126 valence electrons. The topological polar surface area (TPSA) is 64.9 Å². The maximum Gasteiger partial charge on any atom is 0.227 e. The fourth-order valence-corrected chi connectivity index (χ4v) is 3.63. The number of rotatable bonds is 2. The molecule has 0 bridgehead atoms. The first kappa shape index (κ1) is 15.5. The zero-order chi connectivity index (χ0) is 16.4. The van der Waals surface area contributed by atoms with Gasteiger partial charge in [0.05, 0.1) is 17.6 Å². The number of hydrogen-bond acceptors (Lipinski definition) is 6. The second kappa shape index (κ2) is 6.83. The lowest BCUT2D eigenvalue weighted by molar-refractivity contribution is 0.202. The minimum atomic E-state index is 0.666. The highest BCUT2D eigenvalue weighted by atomic mass is 15.2. The molecule has 3 aliphatic rings. The Morgan fingerprint density at radius 1 is 1.21 bits per heavy atom. The monoisotopic (exact) mass is 324 g/mol. The summed E-state index contributed by atoms with van der Waals surface area (Å²) in [5.41, 5.74) is 4.66. The number of anilines is 1. The number of pyridine rings is 1. The van der Waals surface area contributed by atoms with E-state index in [1.165, 1.54) is 24.1 Å². The zero-order valence-electron chi connectivity index (χ0n) is 14.1. The van der Waals surface area contributed by atoms with Gasteiger partial charge >= 0.3 is 0 Å². The lowest BCUT2D eigenvalue weighted by atomic mass is 10.1. The molecule has 0 atom stereocenters. The standard InChI is InChI=1S/C18H24N6/c1-13-8-15(10-20-9-13)22-18-21-7-2-14-11-24(12-17(14)23-18)16-3-5-19-6-4-16/h7-10,16,19H,2-6,11-12H2,1H3,(H,22,23). The molecule has 0 unspecified atom stereocenters. The molecule has 0 spiro atoms. The van der Waals surface area contributed by atoms with E-state index in [4.69, 9.17) is 4.99 Å². The van der Waals surface area contributed by atoms with Crippen LogP contribution in [-0.4, -0.2) is 54.3 Å². The quantitative estimate of drug-likeness (QED) is 0.873. The number of hydrogen-bond donors (Lipinski definition) is 2. The van der Waals surface area contributed by atoms with Crippen LogP contribution in [0, 0.1) is 6.92 Å². The highest BCUT2D eigenvalue weighted by Gasteiger charge is 2.29. The van der Waals surface area contributed by atoms with E-state index in [0.29, 0.717) is 12.0 Å². The second-order valence-electron chi connectivity index (χ2n) is 6.76. The molecule has 0 amide bonds. The van der Waals surface area contributed by atoms with Gasteiger partial charge in [0, 0.05) is 38.0 Å². The van der Waals surface area contributed by atoms with Gasteiger partial charge in [-0.25, -0.2) is 9.98 Å². The van der Waals surface area contributed by atoms with Crippen molar-refractivity contribution in [3.05, 3.63) is 35.3 Å². The number of guanidine groups is 1. The summed E-state index contributed by atoms with van der Waals surface area (Å²) < 4.78 is 0. The molecule has 1 aromatic rings. The van der Waals surface area contributed by atoms with Gasteiger partial charge in [0.15, 0.2) is 0 Å². The highest BCUT2D eigenvalue weighted by Crippen LogP contribution is 2.27. The Kier molecular flexibility index (Phi) is 4.40. The summed E-state index contributed by atoms with van der Waals surface area (Å²) in [6.07, 6.45) is 9.00. The summed E-state index contributed by atoms with van der Waals surface area (Å²) in [5, 5.41) is 6.74. The van der Waals surface area contributed by atoms with Crippen molar-refractivity contribution < 1.29 is 0 Å². The van der Waals surface area contributed by atoms with Crippen LogP contribution in [0.4, 0.5) is 5.69 Å².